The second-order valence-corrected chi connectivity index (χ2v) is 5.60. The maximum absolute atomic E-state index is 12.9. The maximum Gasteiger partial charge on any atom is 0.273 e. The SMILES string of the molecule is COc1cccc(C(=O)N2CCCCC[C@H]2c2noc(C)n2)n1. The molecule has 0 aromatic carbocycles. The number of aromatic nitrogens is 3. The van der Waals surface area contributed by atoms with Crippen LogP contribution in [-0.2, 0) is 0 Å². The smallest absolute Gasteiger partial charge is 0.273 e. The molecule has 1 fully saturated rings. The Balaban J connectivity index is 1.90. The number of hydrogen-bond acceptors (Lipinski definition) is 6. The number of carbonyl (C=O) groups excluding carboxylic acids is 1. The molecule has 3 heterocycles. The van der Waals surface area contributed by atoms with Crippen molar-refractivity contribution in [3.63, 3.8) is 0 Å². The summed E-state index contributed by atoms with van der Waals surface area (Å²) in [5, 5.41) is 4.02. The summed E-state index contributed by atoms with van der Waals surface area (Å²) in [6.45, 7) is 2.42. The number of ether oxygens (including phenoxy) is 1. The molecule has 0 N–H and O–H groups in total. The summed E-state index contributed by atoms with van der Waals surface area (Å²) in [5.41, 5.74) is 0.372. The second-order valence-electron chi connectivity index (χ2n) is 5.60. The van der Waals surface area contributed by atoms with Crippen LogP contribution in [0.5, 0.6) is 5.88 Å². The average molecular weight is 316 g/mol. The predicted molar refractivity (Wildman–Crippen MR) is 82.1 cm³/mol. The lowest BCUT2D eigenvalue weighted by molar-refractivity contribution is 0.0663. The Kier molecular flexibility index (Phi) is 4.55. The normalized spacial score (nSPS) is 18.5. The molecule has 0 unspecified atom stereocenters. The zero-order chi connectivity index (χ0) is 16.2. The van der Waals surface area contributed by atoms with Crippen LogP contribution in [0.3, 0.4) is 0 Å². The van der Waals surface area contributed by atoms with Gasteiger partial charge in [-0.1, -0.05) is 24.1 Å². The summed E-state index contributed by atoms with van der Waals surface area (Å²) in [5.74, 6) is 1.38. The van der Waals surface area contributed by atoms with E-state index in [1.54, 1.807) is 30.0 Å². The topological polar surface area (TPSA) is 81.4 Å². The van der Waals surface area contributed by atoms with Crippen molar-refractivity contribution in [1.29, 1.82) is 0 Å². The Hall–Kier alpha value is -2.44. The molecule has 2 aromatic rings. The first-order valence-electron chi connectivity index (χ1n) is 7.81. The van der Waals surface area contributed by atoms with Crippen LogP contribution in [0.4, 0.5) is 0 Å². The minimum atomic E-state index is -0.171. The Morgan fingerprint density at radius 1 is 1.30 bits per heavy atom. The van der Waals surface area contributed by atoms with Crippen molar-refractivity contribution in [2.75, 3.05) is 13.7 Å². The number of methoxy groups -OCH3 is 1. The Labute approximate surface area is 134 Å². The van der Waals surface area contributed by atoms with Gasteiger partial charge in [0, 0.05) is 19.5 Å². The van der Waals surface area contributed by atoms with Crippen molar-refractivity contribution in [3.05, 3.63) is 35.6 Å². The van der Waals surface area contributed by atoms with E-state index in [-0.39, 0.29) is 11.9 Å². The number of rotatable bonds is 3. The van der Waals surface area contributed by atoms with E-state index in [1.165, 1.54) is 7.11 Å². The van der Waals surface area contributed by atoms with E-state index in [0.29, 0.717) is 29.8 Å². The Morgan fingerprint density at radius 2 is 2.17 bits per heavy atom. The quantitative estimate of drug-likeness (QED) is 0.865. The molecule has 23 heavy (non-hydrogen) atoms. The summed E-state index contributed by atoms with van der Waals surface area (Å²) < 4.78 is 10.2. The van der Waals surface area contributed by atoms with Gasteiger partial charge < -0.3 is 14.2 Å². The van der Waals surface area contributed by atoms with Gasteiger partial charge in [-0.25, -0.2) is 4.98 Å². The lowest BCUT2D eigenvalue weighted by Crippen LogP contribution is -2.35. The van der Waals surface area contributed by atoms with Gasteiger partial charge in [-0.2, -0.15) is 4.98 Å². The van der Waals surface area contributed by atoms with E-state index in [0.717, 1.165) is 25.7 Å². The molecule has 7 nitrogen and oxygen atoms in total. The lowest BCUT2D eigenvalue weighted by atomic mass is 10.1. The summed E-state index contributed by atoms with van der Waals surface area (Å²) >= 11 is 0. The number of pyridine rings is 1. The highest BCUT2D eigenvalue weighted by atomic mass is 16.5. The van der Waals surface area contributed by atoms with Gasteiger partial charge in [-0.15, -0.1) is 0 Å². The first-order valence-corrected chi connectivity index (χ1v) is 7.81. The molecule has 1 saturated heterocycles. The van der Waals surface area contributed by atoms with Gasteiger partial charge in [-0.3, -0.25) is 4.79 Å². The van der Waals surface area contributed by atoms with Crippen molar-refractivity contribution >= 4 is 5.91 Å². The lowest BCUT2D eigenvalue weighted by Gasteiger charge is -2.27. The number of likely N-dealkylation sites (tertiary alicyclic amines) is 1. The number of hydrogen-bond donors (Lipinski definition) is 0. The fourth-order valence-electron chi connectivity index (χ4n) is 2.86. The molecule has 1 atom stereocenters. The minimum absolute atomic E-state index is 0.127. The third-order valence-corrected chi connectivity index (χ3v) is 4.01. The van der Waals surface area contributed by atoms with Crippen LogP contribution >= 0.6 is 0 Å². The zero-order valence-corrected chi connectivity index (χ0v) is 13.4. The van der Waals surface area contributed by atoms with Gasteiger partial charge >= 0.3 is 0 Å². The molecule has 122 valence electrons. The molecule has 3 rings (SSSR count). The molecule has 2 aromatic heterocycles. The van der Waals surface area contributed by atoms with E-state index in [1.807, 2.05) is 0 Å². The molecule has 0 aliphatic carbocycles. The standard InChI is InChI=1S/C16H20N4O3/c1-11-17-15(19-23-11)13-8-4-3-5-10-20(13)16(21)12-7-6-9-14(18-12)22-2/h6-7,9,13H,3-5,8,10H2,1-2H3/t13-/m0/s1. The molecule has 7 heteroatoms. The van der Waals surface area contributed by atoms with Crippen LogP contribution < -0.4 is 4.74 Å². The molecular weight excluding hydrogens is 296 g/mol. The van der Waals surface area contributed by atoms with Crippen LogP contribution in [0.25, 0.3) is 0 Å². The van der Waals surface area contributed by atoms with Crippen molar-refractivity contribution < 1.29 is 14.1 Å². The fourth-order valence-corrected chi connectivity index (χ4v) is 2.86. The molecule has 0 bridgehead atoms. The monoisotopic (exact) mass is 316 g/mol. The van der Waals surface area contributed by atoms with Crippen molar-refractivity contribution in [2.24, 2.45) is 0 Å². The third-order valence-electron chi connectivity index (χ3n) is 4.01. The third kappa shape index (κ3) is 3.33. The number of nitrogens with zero attached hydrogens (tertiary/aromatic N) is 4. The minimum Gasteiger partial charge on any atom is -0.481 e. The Bertz CT molecular complexity index is 685. The van der Waals surface area contributed by atoms with Gasteiger partial charge in [-0.05, 0) is 18.9 Å². The molecule has 0 saturated carbocycles. The molecular formula is C16H20N4O3. The second kappa shape index (κ2) is 6.76. The van der Waals surface area contributed by atoms with Crippen LogP contribution in [0.15, 0.2) is 22.7 Å². The Morgan fingerprint density at radius 3 is 2.91 bits per heavy atom. The fraction of sp³-hybridized carbons (Fsp3) is 0.500. The average Bonchev–Trinajstić information content (AvgIpc) is 2.86. The van der Waals surface area contributed by atoms with Gasteiger partial charge in [0.25, 0.3) is 5.91 Å². The van der Waals surface area contributed by atoms with Gasteiger partial charge in [0.1, 0.15) is 5.69 Å². The molecule has 1 aliphatic heterocycles. The summed E-state index contributed by atoms with van der Waals surface area (Å²) in [6, 6.07) is 5.02. The summed E-state index contributed by atoms with van der Waals surface area (Å²) in [4.78, 5) is 23.3. The van der Waals surface area contributed by atoms with Crippen LogP contribution in [0.2, 0.25) is 0 Å². The largest absolute Gasteiger partial charge is 0.481 e. The first kappa shape index (κ1) is 15.5. The number of carbonyl (C=O) groups is 1. The first-order chi connectivity index (χ1) is 11.2. The number of amides is 1. The molecule has 0 spiro atoms. The van der Waals surface area contributed by atoms with Crippen molar-refractivity contribution in [2.45, 2.75) is 38.6 Å². The van der Waals surface area contributed by atoms with Gasteiger partial charge in [0.05, 0.1) is 13.2 Å². The molecule has 1 aliphatic rings. The molecule has 1 amide bonds. The maximum atomic E-state index is 12.9. The number of aryl methyl sites for hydroxylation is 1. The van der Waals surface area contributed by atoms with Crippen LogP contribution in [0.1, 0.15) is 53.9 Å². The highest BCUT2D eigenvalue weighted by Crippen LogP contribution is 2.29. The van der Waals surface area contributed by atoms with E-state index < -0.39 is 0 Å². The zero-order valence-electron chi connectivity index (χ0n) is 13.4. The van der Waals surface area contributed by atoms with E-state index in [4.69, 9.17) is 9.26 Å². The van der Waals surface area contributed by atoms with E-state index in [2.05, 4.69) is 15.1 Å². The van der Waals surface area contributed by atoms with E-state index in [9.17, 15) is 4.79 Å². The summed E-state index contributed by atoms with van der Waals surface area (Å²) in [6.07, 6.45) is 3.91. The highest BCUT2D eigenvalue weighted by molar-refractivity contribution is 5.92. The van der Waals surface area contributed by atoms with E-state index >= 15 is 0 Å². The highest BCUT2D eigenvalue weighted by Gasteiger charge is 2.31. The van der Waals surface area contributed by atoms with Crippen molar-refractivity contribution in [1.82, 2.24) is 20.0 Å². The van der Waals surface area contributed by atoms with Crippen molar-refractivity contribution in [3.8, 4) is 5.88 Å². The van der Waals surface area contributed by atoms with Crippen LogP contribution in [-0.4, -0.2) is 39.6 Å². The predicted octanol–water partition coefficient (Wildman–Crippen LogP) is 2.54. The van der Waals surface area contributed by atoms with Crippen LogP contribution in [0, 0.1) is 6.92 Å². The molecule has 0 radical (unpaired) electrons. The summed E-state index contributed by atoms with van der Waals surface area (Å²) in [7, 11) is 1.54. The van der Waals surface area contributed by atoms with Gasteiger partial charge in [0.15, 0.2) is 5.82 Å². The van der Waals surface area contributed by atoms with Gasteiger partial charge in [0.2, 0.25) is 11.8 Å².